The fraction of sp³-hybridized carbons (Fsp3) is 0.929. The van der Waals surface area contributed by atoms with Crippen LogP contribution in [0.5, 0.6) is 0 Å². The predicted octanol–water partition coefficient (Wildman–Crippen LogP) is 1.11. The van der Waals surface area contributed by atoms with Gasteiger partial charge in [0.15, 0.2) is 5.96 Å². The summed E-state index contributed by atoms with van der Waals surface area (Å²) in [5.41, 5.74) is 0. The van der Waals surface area contributed by atoms with Gasteiger partial charge in [-0.3, -0.25) is 4.99 Å². The minimum atomic E-state index is -3.18. The molecule has 1 rings (SSSR count). The molecule has 0 aliphatic heterocycles. The zero-order chi connectivity index (χ0) is 16.6. The summed E-state index contributed by atoms with van der Waals surface area (Å²) in [4.78, 5) is 4.19. The Morgan fingerprint density at radius 1 is 1.32 bits per heavy atom. The monoisotopic (exact) mass is 350 g/mol. The highest BCUT2D eigenvalue weighted by molar-refractivity contribution is 7.99. The molecule has 0 spiro atoms. The van der Waals surface area contributed by atoms with E-state index in [-0.39, 0.29) is 5.75 Å². The van der Waals surface area contributed by atoms with Crippen molar-refractivity contribution in [1.29, 1.82) is 0 Å². The summed E-state index contributed by atoms with van der Waals surface area (Å²) in [5.74, 6) is 0.787. The first-order chi connectivity index (χ1) is 10.5. The second-order valence-electron chi connectivity index (χ2n) is 5.41. The SMILES string of the molecule is CCN(CC)S(=O)(=O)CCNC(=NC)NC1CCC(SC)C1. The average molecular weight is 351 g/mol. The largest absolute Gasteiger partial charge is 0.355 e. The lowest BCUT2D eigenvalue weighted by Gasteiger charge is -2.20. The number of hydrogen-bond acceptors (Lipinski definition) is 4. The van der Waals surface area contributed by atoms with Gasteiger partial charge in [-0.1, -0.05) is 13.8 Å². The van der Waals surface area contributed by atoms with Crippen LogP contribution in [-0.4, -0.2) is 68.7 Å². The van der Waals surface area contributed by atoms with Crippen LogP contribution < -0.4 is 10.6 Å². The molecule has 2 N–H and O–H groups in total. The zero-order valence-electron chi connectivity index (χ0n) is 14.1. The van der Waals surface area contributed by atoms with Crippen LogP contribution in [-0.2, 0) is 10.0 Å². The second kappa shape index (κ2) is 9.62. The van der Waals surface area contributed by atoms with E-state index in [4.69, 9.17) is 0 Å². The van der Waals surface area contributed by atoms with Crippen molar-refractivity contribution in [3.05, 3.63) is 0 Å². The highest BCUT2D eigenvalue weighted by atomic mass is 32.2. The molecular formula is C14H30N4O2S2. The molecule has 1 fully saturated rings. The molecule has 0 aromatic heterocycles. The smallest absolute Gasteiger partial charge is 0.215 e. The Hall–Kier alpha value is -0.470. The molecule has 0 bridgehead atoms. The van der Waals surface area contributed by atoms with Gasteiger partial charge >= 0.3 is 0 Å². The van der Waals surface area contributed by atoms with Gasteiger partial charge in [-0.15, -0.1) is 0 Å². The molecular weight excluding hydrogens is 320 g/mol. The minimum Gasteiger partial charge on any atom is -0.355 e. The molecule has 8 heteroatoms. The number of nitrogens with one attached hydrogen (secondary N) is 2. The maximum absolute atomic E-state index is 12.1. The van der Waals surface area contributed by atoms with Crippen molar-refractivity contribution < 1.29 is 8.42 Å². The van der Waals surface area contributed by atoms with E-state index in [2.05, 4.69) is 21.9 Å². The Morgan fingerprint density at radius 2 is 2.00 bits per heavy atom. The zero-order valence-corrected chi connectivity index (χ0v) is 15.8. The Balaban J connectivity index is 2.39. The summed E-state index contributed by atoms with van der Waals surface area (Å²) in [6, 6.07) is 0.433. The van der Waals surface area contributed by atoms with E-state index in [0.29, 0.717) is 31.6 Å². The van der Waals surface area contributed by atoms with Gasteiger partial charge in [-0.2, -0.15) is 11.8 Å². The van der Waals surface area contributed by atoms with Gasteiger partial charge in [0.2, 0.25) is 10.0 Å². The van der Waals surface area contributed by atoms with E-state index in [1.165, 1.54) is 10.7 Å². The van der Waals surface area contributed by atoms with Gasteiger partial charge in [0.25, 0.3) is 0 Å². The number of nitrogens with zero attached hydrogens (tertiary/aromatic N) is 2. The molecule has 1 aliphatic rings. The van der Waals surface area contributed by atoms with Crippen molar-refractivity contribution in [1.82, 2.24) is 14.9 Å². The number of aliphatic imine (C=N–C) groups is 1. The van der Waals surface area contributed by atoms with Crippen LogP contribution in [0, 0.1) is 0 Å². The van der Waals surface area contributed by atoms with Crippen LogP contribution in [0.4, 0.5) is 0 Å². The molecule has 0 aromatic rings. The van der Waals surface area contributed by atoms with Crippen molar-refractivity contribution in [3.63, 3.8) is 0 Å². The van der Waals surface area contributed by atoms with Gasteiger partial charge in [0.05, 0.1) is 5.75 Å². The van der Waals surface area contributed by atoms with Crippen LogP contribution in [0.25, 0.3) is 0 Å². The van der Waals surface area contributed by atoms with Crippen molar-refractivity contribution >= 4 is 27.7 Å². The predicted molar refractivity (Wildman–Crippen MR) is 96.1 cm³/mol. The molecule has 0 saturated heterocycles. The maximum Gasteiger partial charge on any atom is 0.215 e. The standard InChI is InChI=1S/C14H30N4O2S2/c1-5-18(6-2)22(19,20)10-9-16-14(15-3)17-12-7-8-13(11-12)21-4/h12-13H,5-11H2,1-4H3,(H2,15,16,17). The van der Waals surface area contributed by atoms with Crippen LogP contribution in [0.15, 0.2) is 4.99 Å². The molecule has 0 amide bonds. The van der Waals surface area contributed by atoms with E-state index < -0.39 is 10.0 Å². The number of sulfonamides is 1. The summed E-state index contributed by atoms with van der Waals surface area (Å²) in [6.45, 7) is 5.12. The fourth-order valence-electron chi connectivity index (χ4n) is 2.72. The Kier molecular flexibility index (Phi) is 8.56. The number of guanidine groups is 1. The molecule has 0 radical (unpaired) electrons. The molecule has 0 heterocycles. The van der Waals surface area contributed by atoms with Gasteiger partial charge < -0.3 is 10.6 Å². The lowest BCUT2D eigenvalue weighted by Crippen LogP contribution is -2.45. The molecule has 6 nitrogen and oxygen atoms in total. The lowest BCUT2D eigenvalue weighted by atomic mass is 10.2. The van der Waals surface area contributed by atoms with E-state index in [9.17, 15) is 8.42 Å². The van der Waals surface area contributed by atoms with E-state index >= 15 is 0 Å². The normalized spacial score (nSPS) is 23.0. The van der Waals surface area contributed by atoms with Gasteiger partial charge in [0, 0.05) is 38.0 Å². The number of rotatable bonds is 8. The van der Waals surface area contributed by atoms with Crippen LogP contribution in [0.2, 0.25) is 0 Å². The quantitative estimate of drug-likeness (QED) is 0.507. The molecule has 130 valence electrons. The summed E-state index contributed by atoms with van der Waals surface area (Å²) in [6.07, 6.45) is 5.66. The van der Waals surface area contributed by atoms with Gasteiger partial charge in [-0.05, 0) is 25.5 Å². The summed E-state index contributed by atoms with van der Waals surface area (Å²) in [7, 11) is -1.46. The van der Waals surface area contributed by atoms with Crippen molar-refractivity contribution in [2.75, 3.05) is 38.7 Å². The first-order valence-corrected chi connectivity index (χ1v) is 10.8. The number of thioether (sulfide) groups is 1. The third-order valence-electron chi connectivity index (χ3n) is 4.03. The Morgan fingerprint density at radius 3 is 2.50 bits per heavy atom. The molecule has 1 saturated carbocycles. The van der Waals surface area contributed by atoms with Crippen molar-refractivity contribution in [2.45, 2.75) is 44.4 Å². The average Bonchev–Trinajstić information content (AvgIpc) is 2.94. The fourth-order valence-corrected chi connectivity index (χ4v) is 4.92. The van der Waals surface area contributed by atoms with Crippen molar-refractivity contribution in [3.8, 4) is 0 Å². The van der Waals surface area contributed by atoms with Crippen LogP contribution in [0.3, 0.4) is 0 Å². The van der Waals surface area contributed by atoms with E-state index in [0.717, 1.165) is 18.1 Å². The van der Waals surface area contributed by atoms with Gasteiger partial charge in [0.1, 0.15) is 0 Å². The third-order valence-corrected chi connectivity index (χ3v) is 7.15. The first kappa shape index (κ1) is 19.6. The first-order valence-electron chi connectivity index (χ1n) is 7.94. The van der Waals surface area contributed by atoms with E-state index in [1.54, 1.807) is 7.05 Å². The molecule has 2 atom stereocenters. The Bertz CT molecular complexity index is 450. The number of hydrogen-bond donors (Lipinski definition) is 2. The maximum atomic E-state index is 12.1. The highest BCUT2D eigenvalue weighted by Gasteiger charge is 2.24. The molecule has 22 heavy (non-hydrogen) atoms. The van der Waals surface area contributed by atoms with Crippen molar-refractivity contribution in [2.24, 2.45) is 4.99 Å². The van der Waals surface area contributed by atoms with Crippen LogP contribution >= 0.6 is 11.8 Å². The minimum absolute atomic E-state index is 0.0908. The highest BCUT2D eigenvalue weighted by Crippen LogP contribution is 2.27. The van der Waals surface area contributed by atoms with E-state index in [1.807, 2.05) is 25.6 Å². The Labute approximate surface area is 139 Å². The second-order valence-corrected chi connectivity index (χ2v) is 8.64. The molecule has 0 aromatic carbocycles. The summed E-state index contributed by atoms with van der Waals surface area (Å²) >= 11 is 1.92. The third kappa shape index (κ3) is 5.96. The van der Waals surface area contributed by atoms with Gasteiger partial charge in [-0.25, -0.2) is 12.7 Å². The topological polar surface area (TPSA) is 73.8 Å². The lowest BCUT2D eigenvalue weighted by molar-refractivity contribution is 0.445. The summed E-state index contributed by atoms with van der Waals surface area (Å²) < 4.78 is 25.7. The van der Waals surface area contributed by atoms with Crippen LogP contribution in [0.1, 0.15) is 33.1 Å². The molecule has 2 unspecified atom stereocenters. The molecule has 1 aliphatic carbocycles. The summed E-state index contributed by atoms with van der Waals surface area (Å²) in [5, 5.41) is 7.23.